The molecule has 0 bridgehead atoms. The summed E-state index contributed by atoms with van der Waals surface area (Å²) in [5.41, 5.74) is -0.727. The van der Waals surface area contributed by atoms with Gasteiger partial charge in [-0.1, -0.05) is 32.1 Å². The summed E-state index contributed by atoms with van der Waals surface area (Å²) in [6.07, 6.45) is 2.40. The smallest absolute Gasteiger partial charge is 0.310 e. The summed E-state index contributed by atoms with van der Waals surface area (Å²) in [5.74, 6) is 0.0607. The zero-order valence-electron chi connectivity index (χ0n) is 11.4. The number of aryl methyl sites for hydroxylation is 1. The predicted octanol–water partition coefficient (Wildman–Crippen LogP) is 2.18. The van der Waals surface area contributed by atoms with E-state index < -0.39 is 11.4 Å². The Labute approximate surface area is 115 Å². The summed E-state index contributed by atoms with van der Waals surface area (Å²) in [6.45, 7) is 5.82. The number of carboxylic acids is 1. The van der Waals surface area contributed by atoms with E-state index in [2.05, 4.69) is 15.3 Å². The van der Waals surface area contributed by atoms with Crippen molar-refractivity contribution in [2.45, 2.75) is 46.5 Å². The van der Waals surface area contributed by atoms with Gasteiger partial charge >= 0.3 is 5.97 Å². The fraction of sp³-hybridized carbons (Fsp3) is 0.667. The van der Waals surface area contributed by atoms with Crippen molar-refractivity contribution < 1.29 is 9.90 Å². The van der Waals surface area contributed by atoms with E-state index in [4.69, 9.17) is 0 Å². The second kappa shape index (κ2) is 5.24. The molecular weight excluding hydrogens is 264 g/mol. The van der Waals surface area contributed by atoms with Crippen LogP contribution in [0.1, 0.15) is 44.4 Å². The van der Waals surface area contributed by atoms with E-state index in [1.54, 1.807) is 4.52 Å². The van der Waals surface area contributed by atoms with Crippen molar-refractivity contribution in [2.24, 2.45) is 5.41 Å². The van der Waals surface area contributed by atoms with Crippen molar-refractivity contribution in [3.63, 3.8) is 0 Å². The molecular formula is C12H18N4O2S. The maximum atomic E-state index is 11.5. The number of carboxylic acid groups (broad SMARTS) is 1. The summed E-state index contributed by atoms with van der Waals surface area (Å²) in [6, 6.07) is 0. The van der Waals surface area contributed by atoms with Gasteiger partial charge in [0, 0.05) is 12.8 Å². The molecule has 2 aromatic rings. The van der Waals surface area contributed by atoms with Crippen molar-refractivity contribution in [2.75, 3.05) is 0 Å². The Morgan fingerprint density at radius 3 is 2.53 bits per heavy atom. The Morgan fingerprint density at radius 2 is 2.00 bits per heavy atom. The molecule has 0 radical (unpaired) electrons. The van der Waals surface area contributed by atoms with Crippen molar-refractivity contribution in [3.8, 4) is 0 Å². The van der Waals surface area contributed by atoms with Gasteiger partial charge in [0.2, 0.25) is 4.96 Å². The molecule has 6 nitrogen and oxygen atoms in total. The third-order valence-corrected chi connectivity index (χ3v) is 4.61. The topological polar surface area (TPSA) is 80.4 Å². The van der Waals surface area contributed by atoms with Gasteiger partial charge in [0.25, 0.3) is 0 Å². The number of hydrogen-bond acceptors (Lipinski definition) is 5. The van der Waals surface area contributed by atoms with Crippen molar-refractivity contribution in [3.05, 3.63) is 10.8 Å². The van der Waals surface area contributed by atoms with Crippen LogP contribution >= 0.6 is 11.3 Å². The second-order valence-corrected chi connectivity index (χ2v) is 5.67. The number of fused-ring (bicyclic) bond motifs is 1. The molecule has 2 aromatic heterocycles. The lowest BCUT2D eigenvalue weighted by Crippen LogP contribution is -2.32. The van der Waals surface area contributed by atoms with Crippen LogP contribution in [0.3, 0.4) is 0 Å². The molecule has 1 N–H and O–H groups in total. The average molecular weight is 282 g/mol. The van der Waals surface area contributed by atoms with Gasteiger partial charge < -0.3 is 5.11 Å². The molecule has 0 aliphatic carbocycles. The van der Waals surface area contributed by atoms with Crippen LogP contribution in [0, 0.1) is 5.41 Å². The maximum absolute atomic E-state index is 11.5. The molecule has 19 heavy (non-hydrogen) atoms. The van der Waals surface area contributed by atoms with Crippen molar-refractivity contribution >= 4 is 22.3 Å². The summed E-state index contributed by atoms with van der Waals surface area (Å²) in [5, 5.41) is 22.8. The lowest BCUT2D eigenvalue weighted by Gasteiger charge is -2.25. The van der Waals surface area contributed by atoms with E-state index in [0.717, 1.165) is 22.2 Å². The van der Waals surface area contributed by atoms with Crippen LogP contribution in [-0.2, 0) is 17.6 Å². The van der Waals surface area contributed by atoms with Crippen molar-refractivity contribution in [1.29, 1.82) is 0 Å². The molecule has 0 aromatic carbocycles. The number of nitrogens with zero attached hydrogens (tertiary/aromatic N) is 4. The Bertz CT molecular complexity index is 586. The highest BCUT2D eigenvalue weighted by Gasteiger charge is 2.36. The molecule has 0 aliphatic rings. The van der Waals surface area contributed by atoms with Gasteiger partial charge in [-0.2, -0.15) is 9.61 Å². The highest BCUT2D eigenvalue weighted by Crippen LogP contribution is 2.32. The molecule has 7 heteroatoms. The lowest BCUT2D eigenvalue weighted by atomic mass is 9.79. The van der Waals surface area contributed by atoms with Crippen molar-refractivity contribution in [1.82, 2.24) is 19.8 Å². The van der Waals surface area contributed by atoms with E-state index in [9.17, 15) is 9.90 Å². The first-order valence-electron chi connectivity index (χ1n) is 6.49. The SMILES string of the molecule is CCc1nnc2sc(CC(CC)(CC)C(=O)O)nn12. The van der Waals surface area contributed by atoms with E-state index in [-0.39, 0.29) is 0 Å². The normalized spacial score (nSPS) is 12.2. The summed E-state index contributed by atoms with van der Waals surface area (Å²) < 4.78 is 1.72. The average Bonchev–Trinajstić information content (AvgIpc) is 2.94. The monoisotopic (exact) mass is 282 g/mol. The molecule has 0 saturated carbocycles. The van der Waals surface area contributed by atoms with Crippen LogP contribution in [0.25, 0.3) is 4.96 Å². The molecule has 2 rings (SSSR count). The number of aliphatic carboxylic acids is 1. The van der Waals surface area contributed by atoms with Gasteiger partial charge in [-0.15, -0.1) is 10.2 Å². The van der Waals surface area contributed by atoms with Gasteiger partial charge in [0.1, 0.15) is 5.01 Å². The van der Waals surface area contributed by atoms with E-state index in [0.29, 0.717) is 19.3 Å². The second-order valence-electron chi connectivity index (χ2n) is 4.63. The summed E-state index contributed by atoms with van der Waals surface area (Å²) in [4.78, 5) is 12.2. The summed E-state index contributed by atoms with van der Waals surface area (Å²) >= 11 is 1.42. The zero-order chi connectivity index (χ0) is 14.0. The largest absolute Gasteiger partial charge is 0.481 e. The van der Waals surface area contributed by atoms with Crippen LogP contribution in [-0.4, -0.2) is 30.9 Å². The van der Waals surface area contributed by atoms with E-state index in [1.165, 1.54) is 11.3 Å². The van der Waals surface area contributed by atoms with Crippen LogP contribution < -0.4 is 0 Å². The maximum Gasteiger partial charge on any atom is 0.310 e. The minimum absolute atomic E-state index is 0.451. The van der Waals surface area contributed by atoms with Gasteiger partial charge in [-0.05, 0) is 12.8 Å². The molecule has 0 fully saturated rings. The number of carbonyl (C=O) groups is 1. The van der Waals surface area contributed by atoms with Crippen LogP contribution in [0.2, 0.25) is 0 Å². The first kappa shape index (κ1) is 13.9. The molecule has 0 spiro atoms. The number of aromatic nitrogens is 4. The number of hydrogen-bond donors (Lipinski definition) is 1. The fourth-order valence-corrected chi connectivity index (χ4v) is 3.15. The number of rotatable bonds is 6. The quantitative estimate of drug-likeness (QED) is 0.878. The third kappa shape index (κ3) is 2.34. The van der Waals surface area contributed by atoms with Gasteiger partial charge in [-0.25, -0.2) is 0 Å². The molecule has 0 aliphatic heterocycles. The van der Waals surface area contributed by atoms with Crippen LogP contribution in [0.5, 0.6) is 0 Å². The summed E-state index contributed by atoms with van der Waals surface area (Å²) in [7, 11) is 0. The molecule has 0 saturated heterocycles. The first-order valence-corrected chi connectivity index (χ1v) is 7.31. The van der Waals surface area contributed by atoms with Gasteiger partial charge in [-0.3, -0.25) is 4.79 Å². The fourth-order valence-electron chi connectivity index (χ4n) is 2.16. The Hall–Kier alpha value is -1.50. The highest BCUT2D eigenvalue weighted by atomic mass is 32.1. The van der Waals surface area contributed by atoms with E-state index >= 15 is 0 Å². The minimum Gasteiger partial charge on any atom is -0.481 e. The first-order chi connectivity index (χ1) is 9.06. The van der Waals surface area contributed by atoms with E-state index in [1.807, 2.05) is 20.8 Å². The Morgan fingerprint density at radius 1 is 1.32 bits per heavy atom. The molecule has 0 amide bonds. The Kier molecular flexibility index (Phi) is 3.84. The lowest BCUT2D eigenvalue weighted by molar-refractivity contribution is -0.149. The van der Waals surface area contributed by atoms with Crippen LogP contribution in [0.4, 0.5) is 0 Å². The molecule has 0 unspecified atom stereocenters. The molecule has 104 valence electrons. The van der Waals surface area contributed by atoms with Gasteiger partial charge in [0.15, 0.2) is 5.82 Å². The van der Waals surface area contributed by atoms with Crippen LogP contribution in [0.15, 0.2) is 0 Å². The zero-order valence-corrected chi connectivity index (χ0v) is 12.2. The Balaban J connectivity index is 2.34. The highest BCUT2D eigenvalue weighted by molar-refractivity contribution is 7.16. The minimum atomic E-state index is -0.751. The molecule has 0 atom stereocenters. The third-order valence-electron chi connectivity index (χ3n) is 3.71. The van der Waals surface area contributed by atoms with Gasteiger partial charge in [0.05, 0.1) is 5.41 Å². The predicted molar refractivity (Wildman–Crippen MR) is 72.4 cm³/mol. The molecule has 2 heterocycles. The standard InChI is InChI=1S/C12H18N4O2S/c1-4-8-13-14-11-16(8)15-9(19-11)7-12(5-2,6-3)10(17)18/h4-7H2,1-3H3,(H,17,18).